The van der Waals surface area contributed by atoms with Gasteiger partial charge in [-0.05, 0) is 6.92 Å². The molecule has 2 heterocycles. The highest BCUT2D eigenvalue weighted by Crippen LogP contribution is 2.02. The molecule has 18 heavy (non-hydrogen) atoms. The number of carbonyl (C=O) groups is 1. The smallest absolute Gasteiger partial charge is 0.269 e. The fourth-order valence-corrected chi connectivity index (χ4v) is 1.97. The molecule has 0 bridgehead atoms. The summed E-state index contributed by atoms with van der Waals surface area (Å²) in [5, 5.41) is 9.23. The summed E-state index contributed by atoms with van der Waals surface area (Å²) in [6, 6.07) is 1.59. The first-order valence-electron chi connectivity index (χ1n) is 6.07. The van der Waals surface area contributed by atoms with Crippen molar-refractivity contribution in [3.8, 4) is 0 Å². The van der Waals surface area contributed by atoms with Crippen LogP contribution in [0.1, 0.15) is 17.4 Å². The number of nitrogens with zero attached hydrogens (tertiary/aromatic N) is 2. The van der Waals surface area contributed by atoms with Crippen LogP contribution in [0.4, 0.5) is 5.82 Å². The molecular formula is C11H19N5O2. The van der Waals surface area contributed by atoms with Crippen molar-refractivity contribution in [2.24, 2.45) is 0 Å². The van der Waals surface area contributed by atoms with E-state index in [4.69, 9.17) is 10.5 Å². The van der Waals surface area contributed by atoms with E-state index in [9.17, 15) is 4.79 Å². The van der Waals surface area contributed by atoms with Crippen LogP contribution in [0, 0.1) is 0 Å². The molecule has 1 fully saturated rings. The number of ether oxygens (including phenoxy) is 1. The summed E-state index contributed by atoms with van der Waals surface area (Å²) in [5.41, 5.74) is 5.84. The monoisotopic (exact) mass is 253 g/mol. The minimum atomic E-state index is -0.181. The Labute approximate surface area is 106 Å². The number of nitrogens with two attached hydrogens (primary N) is 1. The topological polar surface area (TPSA) is 96.3 Å². The van der Waals surface area contributed by atoms with Crippen molar-refractivity contribution >= 4 is 11.7 Å². The molecule has 7 heteroatoms. The van der Waals surface area contributed by atoms with Crippen molar-refractivity contribution in [3.63, 3.8) is 0 Å². The third kappa shape index (κ3) is 3.44. The number of amides is 1. The van der Waals surface area contributed by atoms with Gasteiger partial charge in [0.25, 0.3) is 5.91 Å². The molecule has 1 atom stereocenters. The normalized spacial score (nSPS) is 18.5. The first kappa shape index (κ1) is 12.8. The molecule has 0 saturated carbocycles. The van der Waals surface area contributed by atoms with Gasteiger partial charge in [0.05, 0.1) is 13.2 Å². The predicted octanol–water partition coefficient (Wildman–Crippen LogP) is -0.558. The molecule has 4 N–H and O–H groups in total. The number of nitrogens with one attached hydrogen (secondary N) is 2. The van der Waals surface area contributed by atoms with Crippen LogP contribution >= 0.6 is 0 Å². The van der Waals surface area contributed by atoms with Gasteiger partial charge in [0.2, 0.25) is 0 Å². The van der Waals surface area contributed by atoms with Gasteiger partial charge in [0.1, 0.15) is 11.5 Å². The Morgan fingerprint density at radius 2 is 2.39 bits per heavy atom. The average molecular weight is 253 g/mol. The zero-order valence-electron chi connectivity index (χ0n) is 10.5. The summed E-state index contributed by atoms with van der Waals surface area (Å²) in [4.78, 5) is 14.1. The van der Waals surface area contributed by atoms with Gasteiger partial charge in [0.15, 0.2) is 0 Å². The standard InChI is InChI=1S/C11H19N5O2/c1-8(7-16-2-4-18-5-3-16)13-11(17)9-6-10(12)15-14-9/h6,8H,2-5,7H2,1H3,(H,13,17)(H3,12,14,15). The lowest BCUT2D eigenvalue weighted by molar-refractivity contribution is 0.0342. The van der Waals surface area contributed by atoms with E-state index in [1.807, 2.05) is 6.92 Å². The fourth-order valence-electron chi connectivity index (χ4n) is 1.97. The van der Waals surface area contributed by atoms with Gasteiger partial charge >= 0.3 is 0 Å². The van der Waals surface area contributed by atoms with E-state index in [0.29, 0.717) is 11.5 Å². The maximum absolute atomic E-state index is 11.8. The summed E-state index contributed by atoms with van der Waals surface area (Å²) in [7, 11) is 0. The van der Waals surface area contributed by atoms with E-state index in [1.165, 1.54) is 6.07 Å². The highest BCUT2D eigenvalue weighted by molar-refractivity contribution is 5.93. The highest BCUT2D eigenvalue weighted by atomic mass is 16.5. The maximum Gasteiger partial charge on any atom is 0.269 e. The molecule has 1 aliphatic rings. The minimum Gasteiger partial charge on any atom is -0.382 e. The number of carbonyl (C=O) groups excluding carboxylic acids is 1. The molecule has 1 aromatic heterocycles. The Balaban J connectivity index is 1.79. The lowest BCUT2D eigenvalue weighted by atomic mass is 10.2. The Morgan fingerprint density at radius 3 is 3.00 bits per heavy atom. The van der Waals surface area contributed by atoms with Gasteiger partial charge in [0, 0.05) is 31.7 Å². The molecular weight excluding hydrogens is 234 g/mol. The Hall–Kier alpha value is -1.60. The van der Waals surface area contributed by atoms with Crippen molar-refractivity contribution in [2.75, 3.05) is 38.6 Å². The molecule has 1 saturated heterocycles. The predicted molar refractivity (Wildman–Crippen MR) is 67.2 cm³/mol. The number of anilines is 1. The van der Waals surface area contributed by atoms with E-state index in [-0.39, 0.29) is 11.9 Å². The van der Waals surface area contributed by atoms with Gasteiger partial charge in [-0.15, -0.1) is 0 Å². The first-order chi connectivity index (χ1) is 8.65. The largest absolute Gasteiger partial charge is 0.382 e. The maximum atomic E-state index is 11.8. The SMILES string of the molecule is CC(CN1CCOCC1)NC(=O)c1cc(N)n[nH]1. The van der Waals surface area contributed by atoms with Gasteiger partial charge in [-0.3, -0.25) is 14.8 Å². The quantitative estimate of drug-likeness (QED) is 0.668. The Morgan fingerprint density at radius 1 is 1.67 bits per heavy atom. The number of rotatable bonds is 4. The second-order valence-corrected chi connectivity index (χ2v) is 4.49. The van der Waals surface area contributed by atoms with Crippen LogP contribution in [0.5, 0.6) is 0 Å². The number of aromatic amines is 1. The van der Waals surface area contributed by atoms with Crippen molar-refractivity contribution in [2.45, 2.75) is 13.0 Å². The van der Waals surface area contributed by atoms with Crippen LogP contribution in [0.25, 0.3) is 0 Å². The second kappa shape index (κ2) is 5.83. The fraction of sp³-hybridized carbons (Fsp3) is 0.636. The van der Waals surface area contributed by atoms with Crippen LogP contribution in [0.15, 0.2) is 6.07 Å². The molecule has 1 aromatic rings. The molecule has 0 radical (unpaired) electrons. The van der Waals surface area contributed by atoms with E-state index >= 15 is 0 Å². The Kier molecular flexibility index (Phi) is 4.16. The number of morpholine rings is 1. The molecule has 1 unspecified atom stereocenters. The third-order valence-corrected chi connectivity index (χ3v) is 2.86. The van der Waals surface area contributed by atoms with Crippen LogP contribution in [-0.4, -0.2) is 59.9 Å². The lowest BCUT2D eigenvalue weighted by Gasteiger charge is -2.29. The van der Waals surface area contributed by atoms with Crippen LogP contribution < -0.4 is 11.1 Å². The molecule has 0 aliphatic carbocycles. The summed E-state index contributed by atoms with van der Waals surface area (Å²) >= 11 is 0. The average Bonchev–Trinajstić information content (AvgIpc) is 2.77. The van der Waals surface area contributed by atoms with Gasteiger partial charge in [-0.2, -0.15) is 5.10 Å². The van der Waals surface area contributed by atoms with E-state index in [0.717, 1.165) is 32.8 Å². The molecule has 0 aromatic carbocycles. The number of nitrogen functional groups attached to an aromatic ring is 1. The van der Waals surface area contributed by atoms with Gasteiger partial charge in [-0.25, -0.2) is 0 Å². The number of aromatic nitrogens is 2. The van der Waals surface area contributed by atoms with Crippen molar-refractivity contribution in [3.05, 3.63) is 11.8 Å². The first-order valence-corrected chi connectivity index (χ1v) is 6.07. The molecule has 1 amide bonds. The summed E-state index contributed by atoms with van der Waals surface area (Å²) in [5.74, 6) is 0.140. The third-order valence-electron chi connectivity index (χ3n) is 2.86. The molecule has 2 rings (SSSR count). The van der Waals surface area contributed by atoms with Crippen LogP contribution in [0.3, 0.4) is 0 Å². The molecule has 0 spiro atoms. The number of hydrogen-bond donors (Lipinski definition) is 3. The van der Waals surface area contributed by atoms with Crippen molar-refractivity contribution < 1.29 is 9.53 Å². The van der Waals surface area contributed by atoms with Crippen molar-refractivity contribution in [1.82, 2.24) is 20.4 Å². The summed E-state index contributed by atoms with van der Waals surface area (Å²) < 4.78 is 5.28. The number of H-pyrrole nitrogens is 1. The van der Waals surface area contributed by atoms with Gasteiger partial charge in [-0.1, -0.05) is 0 Å². The zero-order valence-corrected chi connectivity index (χ0v) is 10.5. The Bertz CT molecular complexity index is 400. The highest BCUT2D eigenvalue weighted by Gasteiger charge is 2.16. The molecule has 7 nitrogen and oxygen atoms in total. The van der Waals surface area contributed by atoms with Crippen LogP contribution in [0.2, 0.25) is 0 Å². The molecule has 1 aliphatic heterocycles. The second-order valence-electron chi connectivity index (χ2n) is 4.49. The van der Waals surface area contributed by atoms with Gasteiger partial charge < -0.3 is 15.8 Å². The molecule has 100 valence electrons. The van der Waals surface area contributed by atoms with Crippen LogP contribution in [-0.2, 0) is 4.74 Å². The van der Waals surface area contributed by atoms with E-state index in [2.05, 4.69) is 20.4 Å². The zero-order chi connectivity index (χ0) is 13.0. The van der Waals surface area contributed by atoms with E-state index in [1.54, 1.807) is 0 Å². The lowest BCUT2D eigenvalue weighted by Crippen LogP contribution is -2.46. The minimum absolute atomic E-state index is 0.0696. The van der Waals surface area contributed by atoms with E-state index < -0.39 is 0 Å². The summed E-state index contributed by atoms with van der Waals surface area (Å²) in [6.07, 6.45) is 0. The van der Waals surface area contributed by atoms with Crippen molar-refractivity contribution in [1.29, 1.82) is 0 Å². The summed E-state index contributed by atoms with van der Waals surface area (Å²) in [6.45, 7) is 6.15. The number of hydrogen-bond acceptors (Lipinski definition) is 5.